The van der Waals surface area contributed by atoms with Crippen molar-refractivity contribution in [3.63, 3.8) is 0 Å². The van der Waals surface area contributed by atoms with Gasteiger partial charge in [0.2, 0.25) is 0 Å². The molecule has 2 fully saturated rings. The molecule has 0 aromatic heterocycles. The third kappa shape index (κ3) is 3.05. The Kier molecular flexibility index (Phi) is 4.83. The lowest BCUT2D eigenvalue weighted by molar-refractivity contribution is -0.00334. The maximum absolute atomic E-state index is 6.29. The minimum atomic E-state index is 0.369. The van der Waals surface area contributed by atoms with E-state index in [1.54, 1.807) is 0 Å². The van der Waals surface area contributed by atoms with Gasteiger partial charge >= 0.3 is 0 Å². The van der Waals surface area contributed by atoms with E-state index in [0.29, 0.717) is 29.5 Å². The molecule has 3 heteroatoms. The fourth-order valence-electron chi connectivity index (χ4n) is 4.24. The second-order valence-corrected chi connectivity index (χ2v) is 8.13. The van der Waals surface area contributed by atoms with Crippen molar-refractivity contribution in [3.8, 4) is 0 Å². The van der Waals surface area contributed by atoms with E-state index in [4.69, 9.17) is 5.73 Å². The predicted molar refractivity (Wildman–Crippen MR) is 86.8 cm³/mol. The molecule has 2 rings (SSSR count). The Hall–Kier alpha value is -0.120. The van der Waals surface area contributed by atoms with Crippen molar-refractivity contribution in [1.29, 1.82) is 0 Å². The summed E-state index contributed by atoms with van der Waals surface area (Å²) in [7, 11) is 2.26. The minimum absolute atomic E-state index is 0.369. The first-order chi connectivity index (χ1) is 9.23. The maximum atomic E-state index is 6.29. The van der Waals surface area contributed by atoms with Gasteiger partial charge < -0.3 is 5.73 Å². The van der Waals surface area contributed by atoms with E-state index >= 15 is 0 Å². The van der Waals surface area contributed by atoms with Crippen LogP contribution in [0.5, 0.6) is 0 Å². The quantitative estimate of drug-likeness (QED) is 0.843. The van der Waals surface area contributed by atoms with Crippen molar-refractivity contribution >= 4 is 0 Å². The van der Waals surface area contributed by atoms with Gasteiger partial charge in [0.05, 0.1) is 0 Å². The van der Waals surface area contributed by atoms with Crippen molar-refractivity contribution < 1.29 is 0 Å². The number of hydrogen-bond acceptors (Lipinski definition) is 3. The van der Waals surface area contributed by atoms with Crippen LogP contribution in [-0.2, 0) is 0 Å². The second-order valence-electron chi connectivity index (χ2n) is 8.13. The molecule has 0 aromatic carbocycles. The number of likely N-dealkylation sites (N-methyl/N-ethyl adjacent to an activating group) is 1. The average molecular weight is 281 g/mol. The molecule has 0 spiro atoms. The summed E-state index contributed by atoms with van der Waals surface area (Å²) in [6.45, 7) is 15.6. The van der Waals surface area contributed by atoms with Crippen LogP contribution in [-0.4, -0.2) is 54.6 Å². The molecule has 0 bridgehead atoms. The molecule has 0 aromatic rings. The highest BCUT2D eigenvalue weighted by Crippen LogP contribution is 2.44. The normalized spacial score (nSPS) is 43.6. The smallest absolute Gasteiger partial charge is 0.0195 e. The van der Waals surface area contributed by atoms with Crippen LogP contribution in [0.25, 0.3) is 0 Å². The van der Waals surface area contributed by atoms with Crippen LogP contribution >= 0.6 is 0 Å². The molecule has 118 valence electrons. The van der Waals surface area contributed by atoms with E-state index in [-0.39, 0.29) is 0 Å². The van der Waals surface area contributed by atoms with Crippen molar-refractivity contribution in [2.24, 2.45) is 23.0 Å². The Bertz CT molecular complexity index is 316. The van der Waals surface area contributed by atoms with Gasteiger partial charge in [-0.2, -0.15) is 0 Å². The van der Waals surface area contributed by atoms with Gasteiger partial charge in [0.15, 0.2) is 0 Å². The maximum Gasteiger partial charge on any atom is 0.0195 e. The standard InChI is InChI=1S/C17H35N3/c1-12-9-20(10-13(2)19(12)6)11-15-7-8-16(18)14(3)17(15,4)5/h12-16H,7-11,18H2,1-6H3. The SMILES string of the molecule is CC1CN(CC2CCC(N)C(C)C2(C)C)CC(C)N1C. The molecule has 5 unspecified atom stereocenters. The first-order valence-electron chi connectivity index (χ1n) is 8.43. The molecule has 1 aliphatic heterocycles. The Morgan fingerprint density at radius 3 is 2.15 bits per heavy atom. The zero-order valence-corrected chi connectivity index (χ0v) is 14.4. The molecule has 1 saturated heterocycles. The van der Waals surface area contributed by atoms with Crippen molar-refractivity contribution in [2.45, 2.75) is 65.6 Å². The number of piperazine rings is 1. The highest BCUT2D eigenvalue weighted by Gasteiger charge is 2.42. The zero-order chi connectivity index (χ0) is 15.1. The van der Waals surface area contributed by atoms with E-state index in [1.165, 1.54) is 32.5 Å². The number of nitrogens with two attached hydrogens (primary N) is 1. The summed E-state index contributed by atoms with van der Waals surface area (Å²) >= 11 is 0. The van der Waals surface area contributed by atoms with Gasteiger partial charge in [0.25, 0.3) is 0 Å². The Balaban J connectivity index is 1.99. The topological polar surface area (TPSA) is 32.5 Å². The van der Waals surface area contributed by atoms with Gasteiger partial charge in [-0.25, -0.2) is 0 Å². The summed E-state index contributed by atoms with van der Waals surface area (Å²) in [6, 6.07) is 1.74. The zero-order valence-electron chi connectivity index (χ0n) is 14.4. The molecule has 5 atom stereocenters. The van der Waals surface area contributed by atoms with E-state index in [0.717, 1.165) is 5.92 Å². The van der Waals surface area contributed by atoms with Crippen molar-refractivity contribution in [3.05, 3.63) is 0 Å². The monoisotopic (exact) mass is 281 g/mol. The fraction of sp³-hybridized carbons (Fsp3) is 1.00. The minimum Gasteiger partial charge on any atom is -0.327 e. The molecule has 2 aliphatic rings. The lowest BCUT2D eigenvalue weighted by atomic mass is 9.61. The summed E-state index contributed by atoms with van der Waals surface area (Å²) in [5.41, 5.74) is 6.66. The molecule has 20 heavy (non-hydrogen) atoms. The van der Waals surface area contributed by atoms with Crippen LogP contribution in [0.1, 0.15) is 47.5 Å². The molecule has 1 heterocycles. The Morgan fingerprint density at radius 1 is 1.05 bits per heavy atom. The van der Waals surface area contributed by atoms with Crippen molar-refractivity contribution in [2.75, 3.05) is 26.7 Å². The third-order valence-electron chi connectivity index (χ3n) is 6.63. The van der Waals surface area contributed by atoms with Crippen LogP contribution in [0, 0.1) is 17.3 Å². The van der Waals surface area contributed by atoms with Gasteiger partial charge in [0, 0.05) is 37.8 Å². The van der Waals surface area contributed by atoms with Crippen LogP contribution in [0.15, 0.2) is 0 Å². The third-order valence-corrected chi connectivity index (χ3v) is 6.63. The second kappa shape index (κ2) is 5.94. The number of rotatable bonds is 2. The predicted octanol–water partition coefficient (Wildman–Crippen LogP) is 2.41. The highest BCUT2D eigenvalue weighted by atomic mass is 15.3. The molecule has 1 aliphatic carbocycles. The lowest BCUT2D eigenvalue weighted by Crippen LogP contribution is -2.57. The van der Waals surface area contributed by atoms with Crippen LogP contribution in [0.3, 0.4) is 0 Å². The van der Waals surface area contributed by atoms with Gasteiger partial charge in [-0.05, 0) is 51.0 Å². The van der Waals surface area contributed by atoms with Gasteiger partial charge in [-0.1, -0.05) is 20.8 Å². The molecular weight excluding hydrogens is 246 g/mol. The average Bonchev–Trinajstić information content (AvgIpc) is 2.37. The molecular formula is C17H35N3. The summed E-state index contributed by atoms with van der Waals surface area (Å²) in [6.07, 6.45) is 2.50. The van der Waals surface area contributed by atoms with Crippen LogP contribution < -0.4 is 5.73 Å². The van der Waals surface area contributed by atoms with E-state index in [9.17, 15) is 0 Å². The number of hydrogen-bond donors (Lipinski definition) is 1. The molecule has 3 nitrogen and oxygen atoms in total. The Morgan fingerprint density at radius 2 is 1.60 bits per heavy atom. The van der Waals surface area contributed by atoms with E-state index in [2.05, 4.69) is 51.5 Å². The summed E-state index contributed by atoms with van der Waals surface area (Å²) in [4.78, 5) is 5.21. The van der Waals surface area contributed by atoms with Gasteiger partial charge in [-0.15, -0.1) is 0 Å². The summed E-state index contributed by atoms with van der Waals surface area (Å²) < 4.78 is 0. The number of nitrogens with zero attached hydrogens (tertiary/aromatic N) is 2. The molecule has 2 N–H and O–H groups in total. The largest absolute Gasteiger partial charge is 0.327 e. The van der Waals surface area contributed by atoms with Crippen LogP contribution in [0.2, 0.25) is 0 Å². The summed E-state index contributed by atoms with van der Waals surface area (Å²) in [5.74, 6) is 1.42. The van der Waals surface area contributed by atoms with Gasteiger partial charge in [0.1, 0.15) is 0 Å². The van der Waals surface area contributed by atoms with Crippen molar-refractivity contribution in [1.82, 2.24) is 9.80 Å². The highest BCUT2D eigenvalue weighted by molar-refractivity contribution is 4.95. The first-order valence-corrected chi connectivity index (χ1v) is 8.43. The van der Waals surface area contributed by atoms with E-state index in [1.807, 2.05) is 0 Å². The Labute approximate surface area is 125 Å². The molecule has 0 radical (unpaired) electrons. The van der Waals surface area contributed by atoms with Gasteiger partial charge in [-0.3, -0.25) is 9.80 Å². The lowest BCUT2D eigenvalue weighted by Gasteiger charge is -2.50. The fourth-order valence-corrected chi connectivity index (χ4v) is 4.24. The first kappa shape index (κ1) is 16.3. The molecule has 0 amide bonds. The molecule has 1 saturated carbocycles. The summed E-state index contributed by atoms with van der Waals surface area (Å²) in [5, 5.41) is 0. The van der Waals surface area contributed by atoms with Crippen LogP contribution in [0.4, 0.5) is 0 Å². The van der Waals surface area contributed by atoms with E-state index < -0.39 is 0 Å².